The molecular weight excluding hydrogens is 281 g/mol. The molecular formula is C13H16FN3O4. The number of ether oxygens (including phenoxy) is 1. The Morgan fingerprint density at radius 3 is 2.86 bits per heavy atom. The SMILES string of the molecule is C[C@H]1[C@@H](O)[C@H](n2cc(F)c3c(=O)n(C)cnc32)O[C@@H]1CO. The van der Waals surface area contributed by atoms with Gasteiger partial charge in [0.05, 0.1) is 19.0 Å². The Balaban J connectivity index is 2.14. The summed E-state index contributed by atoms with van der Waals surface area (Å²) in [6.07, 6.45) is 0.0257. The second-order valence-electron chi connectivity index (χ2n) is 5.34. The Kier molecular flexibility index (Phi) is 3.31. The molecule has 2 aromatic rings. The number of hydrogen-bond donors (Lipinski definition) is 2. The predicted molar refractivity (Wildman–Crippen MR) is 71.1 cm³/mol. The van der Waals surface area contributed by atoms with E-state index >= 15 is 0 Å². The first kappa shape index (κ1) is 14.2. The molecule has 0 aromatic carbocycles. The summed E-state index contributed by atoms with van der Waals surface area (Å²) < 4.78 is 22.1. The highest BCUT2D eigenvalue weighted by atomic mass is 19.1. The molecule has 3 rings (SSSR count). The van der Waals surface area contributed by atoms with Crippen LogP contribution in [0.15, 0.2) is 17.3 Å². The van der Waals surface area contributed by atoms with Gasteiger partial charge in [-0.3, -0.25) is 4.79 Å². The van der Waals surface area contributed by atoms with Crippen LogP contribution in [0.2, 0.25) is 0 Å². The van der Waals surface area contributed by atoms with Crippen molar-refractivity contribution in [2.75, 3.05) is 6.61 Å². The Morgan fingerprint density at radius 2 is 2.24 bits per heavy atom. The van der Waals surface area contributed by atoms with Crippen molar-refractivity contribution in [2.45, 2.75) is 25.4 Å². The van der Waals surface area contributed by atoms with Crippen LogP contribution in [0.3, 0.4) is 0 Å². The average Bonchev–Trinajstić information content (AvgIpc) is 2.94. The minimum atomic E-state index is -0.928. The van der Waals surface area contributed by atoms with Crippen LogP contribution in [0.25, 0.3) is 11.0 Å². The number of aliphatic hydroxyl groups is 2. The van der Waals surface area contributed by atoms with E-state index in [4.69, 9.17) is 4.74 Å². The van der Waals surface area contributed by atoms with Crippen LogP contribution in [0.5, 0.6) is 0 Å². The first-order valence-electron chi connectivity index (χ1n) is 6.61. The summed E-state index contributed by atoms with van der Waals surface area (Å²) in [5, 5.41) is 19.3. The van der Waals surface area contributed by atoms with E-state index in [1.54, 1.807) is 6.92 Å². The molecule has 1 aliphatic rings. The van der Waals surface area contributed by atoms with Crippen LogP contribution in [0, 0.1) is 11.7 Å². The maximum absolute atomic E-state index is 14.0. The predicted octanol–water partition coefficient (Wildman–Crippen LogP) is -0.239. The average molecular weight is 297 g/mol. The minimum Gasteiger partial charge on any atom is -0.394 e. The Bertz CT molecular complexity index is 741. The van der Waals surface area contributed by atoms with E-state index < -0.39 is 29.8 Å². The molecule has 21 heavy (non-hydrogen) atoms. The zero-order valence-electron chi connectivity index (χ0n) is 11.6. The summed E-state index contributed by atoms with van der Waals surface area (Å²) in [6, 6.07) is 0. The van der Waals surface area contributed by atoms with Crippen molar-refractivity contribution < 1.29 is 19.3 Å². The normalized spacial score (nSPS) is 29.4. The van der Waals surface area contributed by atoms with Gasteiger partial charge in [-0.25, -0.2) is 9.37 Å². The van der Waals surface area contributed by atoms with E-state index in [9.17, 15) is 19.4 Å². The fourth-order valence-corrected chi connectivity index (χ4v) is 2.68. The summed E-state index contributed by atoms with van der Waals surface area (Å²) in [4.78, 5) is 16.0. The monoisotopic (exact) mass is 297 g/mol. The zero-order chi connectivity index (χ0) is 15.3. The van der Waals surface area contributed by atoms with Gasteiger partial charge in [-0.05, 0) is 0 Å². The molecule has 1 aliphatic heterocycles. The number of aryl methyl sites for hydroxylation is 1. The molecule has 2 aromatic heterocycles. The van der Waals surface area contributed by atoms with E-state index in [0.717, 1.165) is 6.20 Å². The Labute approximate surface area is 119 Å². The highest BCUT2D eigenvalue weighted by molar-refractivity contribution is 5.75. The van der Waals surface area contributed by atoms with Crippen molar-refractivity contribution in [3.63, 3.8) is 0 Å². The van der Waals surface area contributed by atoms with E-state index in [2.05, 4.69) is 4.98 Å². The fourth-order valence-electron chi connectivity index (χ4n) is 2.68. The van der Waals surface area contributed by atoms with Crippen LogP contribution in [0.1, 0.15) is 13.2 Å². The Morgan fingerprint density at radius 1 is 1.52 bits per heavy atom. The van der Waals surface area contributed by atoms with Gasteiger partial charge >= 0.3 is 0 Å². The first-order chi connectivity index (χ1) is 9.95. The third-order valence-electron chi connectivity index (χ3n) is 4.03. The zero-order valence-corrected chi connectivity index (χ0v) is 11.6. The van der Waals surface area contributed by atoms with Gasteiger partial charge in [0.2, 0.25) is 0 Å². The molecule has 3 heterocycles. The van der Waals surface area contributed by atoms with Crippen LogP contribution in [-0.4, -0.2) is 43.1 Å². The molecule has 0 unspecified atom stereocenters. The van der Waals surface area contributed by atoms with Gasteiger partial charge in [-0.1, -0.05) is 6.92 Å². The van der Waals surface area contributed by atoms with Gasteiger partial charge in [0.1, 0.15) is 11.5 Å². The third-order valence-corrected chi connectivity index (χ3v) is 4.03. The molecule has 2 N–H and O–H groups in total. The van der Waals surface area contributed by atoms with Crippen LogP contribution < -0.4 is 5.56 Å². The number of nitrogens with zero attached hydrogens (tertiary/aromatic N) is 3. The lowest BCUT2D eigenvalue weighted by Crippen LogP contribution is -2.25. The largest absolute Gasteiger partial charge is 0.394 e. The van der Waals surface area contributed by atoms with Crippen molar-refractivity contribution in [2.24, 2.45) is 13.0 Å². The topological polar surface area (TPSA) is 89.5 Å². The molecule has 0 aliphatic carbocycles. The van der Waals surface area contributed by atoms with Crippen molar-refractivity contribution in [3.05, 3.63) is 28.7 Å². The van der Waals surface area contributed by atoms with Gasteiger partial charge in [0, 0.05) is 19.2 Å². The molecule has 0 saturated carbocycles. The third kappa shape index (κ3) is 1.98. The molecule has 0 amide bonds. The molecule has 0 bridgehead atoms. The van der Waals surface area contributed by atoms with Crippen LogP contribution in [-0.2, 0) is 11.8 Å². The number of halogens is 1. The van der Waals surface area contributed by atoms with E-state index in [1.165, 1.54) is 22.5 Å². The number of fused-ring (bicyclic) bond motifs is 1. The fraction of sp³-hybridized carbons (Fsp3) is 0.538. The van der Waals surface area contributed by atoms with Gasteiger partial charge in [-0.2, -0.15) is 0 Å². The summed E-state index contributed by atoms with van der Waals surface area (Å²) in [5.41, 5.74) is -0.388. The smallest absolute Gasteiger partial charge is 0.265 e. The lowest BCUT2D eigenvalue weighted by Gasteiger charge is -2.17. The molecule has 7 nitrogen and oxygen atoms in total. The molecule has 1 saturated heterocycles. The highest BCUT2D eigenvalue weighted by Gasteiger charge is 2.42. The maximum atomic E-state index is 14.0. The number of aliphatic hydroxyl groups excluding tert-OH is 2. The van der Waals surface area contributed by atoms with E-state index in [0.29, 0.717) is 0 Å². The van der Waals surface area contributed by atoms with Crippen molar-refractivity contribution in [1.29, 1.82) is 0 Å². The molecule has 4 atom stereocenters. The quantitative estimate of drug-likeness (QED) is 0.798. The molecule has 0 spiro atoms. The van der Waals surface area contributed by atoms with Gasteiger partial charge < -0.3 is 24.1 Å². The Hall–Kier alpha value is -1.77. The lowest BCUT2D eigenvalue weighted by atomic mass is 10.0. The van der Waals surface area contributed by atoms with Gasteiger partial charge in [0.15, 0.2) is 17.7 Å². The van der Waals surface area contributed by atoms with Crippen molar-refractivity contribution in [3.8, 4) is 0 Å². The summed E-state index contributed by atoms with van der Waals surface area (Å²) >= 11 is 0. The van der Waals surface area contributed by atoms with E-state index in [1.807, 2.05) is 0 Å². The first-order valence-corrected chi connectivity index (χ1v) is 6.61. The molecule has 0 radical (unpaired) electrons. The van der Waals surface area contributed by atoms with Gasteiger partial charge in [0.25, 0.3) is 5.56 Å². The molecule has 8 heteroatoms. The summed E-state index contributed by atoms with van der Waals surface area (Å²) in [7, 11) is 1.48. The number of rotatable bonds is 2. The lowest BCUT2D eigenvalue weighted by molar-refractivity contribution is -0.0491. The highest BCUT2D eigenvalue weighted by Crippen LogP contribution is 2.35. The minimum absolute atomic E-state index is 0.116. The summed E-state index contributed by atoms with van der Waals surface area (Å²) in [6.45, 7) is 1.49. The number of hydrogen-bond acceptors (Lipinski definition) is 5. The summed E-state index contributed by atoms with van der Waals surface area (Å²) in [5.74, 6) is -1.03. The van der Waals surface area contributed by atoms with E-state index in [-0.39, 0.29) is 23.6 Å². The second-order valence-corrected chi connectivity index (χ2v) is 5.34. The van der Waals surface area contributed by atoms with Crippen LogP contribution >= 0.6 is 0 Å². The molecule has 1 fully saturated rings. The van der Waals surface area contributed by atoms with Gasteiger partial charge in [-0.15, -0.1) is 0 Å². The molecule has 114 valence electrons. The van der Waals surface area contributed by atoms with Crippen molar-refractivity contribution >= 4 is 11.0 Å². The number of aromatic nitrogens is 3. The van der Waals surface area contributed by atoms with Crippen LogP contribution in [0.4, 0.5) is 4.39 Å². The maximum Gasteiger partial charge on any atom is 0.265 e. The standard InChI is InChI=1S/C13H16FN3O4/c1-6-8(4-18)21-13(10(6)19)17-3-7(14)9-11(17)15-5-16(2)12(9)20/h3,5-6,8,10,13,18-19H,4H2,1-2H3/t6-,8-,10-,13-/m1/s1. The van der Waals surface area contributed by atoms with Crippen molar-refractivity contribution in [1.82, 2.24) is 14.1 Å². The second kappa shape index (κ2) is 4.90.